The number of morpholine rings is 1. The smallest absolute Gasteiger partial charge is 0.279 e. The summed E-state index contributed by atoms with van der Waals surface area (Å²) in [5.74, 6) is 0. The number of aromatic nitrogens is 2. The summed E-state index contributed by atoms with van der Waals surface area (Å²) >= 11 is 3.38. The maximum atomic E-state index is 12.4. The van der Waals surface area contributed by atoms with Crippen molar-refractivity contribution in [2.24, 2.45) is 0 Å². The Hall–Kier alpha value is -1.40. The normalized spacial score (nSPS) is 16.2. The molecule has 0 amide bonds. The van der Waals surface area contributed by atoms with Crippen molar-refractivity contribution >= 4 is 26.8 Å². The van der Waals surface area contributed by atoms with Gasteiger partial charge in [-0.05, 0) is 18.2 Å². The summed E-state index contributed by atoms with van der Waals surface area (Å²) in [6.07, 6.45) is 1.59. The molecule has 0 radical (unpaired) electrons. The predicted molar refractivity (Wildman–Crippen MR) is 72.5 cm³/mol. The number of halogens is 1. The first-order valence-electron chi connectivity index (χ1n) is 5.75. The summed E-state index contributed by atoms with van der Waals surface area (Å²) in [7, 11) is 0. The molecule has 1 saturated heterocycles. The molecule has 0 N–H and O–H groups in total. The Balaban J connectivity index is 2.13. The molecule has 0 atom stereocenters. The monoisotopic (exact) mass is 309 g/mol. The third-order valence-electron chi connectivity index (χ3n) is 3.00. The second-order valence-electron chi connectivity index (χ2n) is 4.12. The lowest BCUT2D eigenvalue weighted by Crippen LogP contribution is -2.48. The first-order chi connectivity index (χ1) is 8.75. The summed E-state index contributed by atoms with van der Waals surface area (Å²) in [5, 5.41) is 2.58. The number of hydrogen-bond acceptors (Lipinski definition) is 4. The molecule has 0 spiro atoms. The highest BCUT2D eigenvalue weighted by atomic mass is 79.9. The zero-order chi connectivity index (χ0) is 12.5. The topological polar surface area (TPSA) is 47.4 Å². The van der Waals surface area contributed by atoms with Crippen LogP contribution in [0.4, 0.5) is 0 Å². The fourth-order valence-corrected chi connectivity index (χ4v) is 2.42. The summed E-state index contributed by atoms with van der Waals surface area (Å²) in [5.41, 5.74) is 0.677. The van der Waals surface area contributed by atoms with E-state index in [2.05, 4.69) is 20.9 Å². The average molecular weight is 310 g/mol. The zero-order valence-electron chi connectivity index (χ0n) is 9.67. The van der Waals surface area contributed by atoms with Gasteiger partial charge >= 0.3 is 0 Å². The largest absolute Gasteiger partial charge is 0.378 e. The zero-order valence-corrected chi connectivity index (χ0v) is 11.3. The summed E-state index contributed by atoms with van der Waals surface area (Å²) in [6, 6.07) is 5.53. The second kappa shape index (κ2) is 4.70. The van der Waals surface area contributed by atoms with Crippen LogP contribution >= 0.6 is 15.9 Å². The van der Waals surface area contributed by atoms with E-state index in [9.17, 15) is 4.79 Å². The number of rotatable bonds is 1. The van der Waals surface area contributed by atoms with Crippen LogP contribution in [-0.4, -0.2) is 36.0 Å². The van der Waals surface area contributed by atoms with E-state index < -0.39 is 0 Å². The molecule has 1 aliphatic heterocycles. The second-order valence-corrected chi connectivity index (χ2v) is 5.04. The van der Waals surface area contributed by atoms with E-state index in [-0.39, 0.29) is 5.56 Å². The van der Waals surface area contributed by atoms with Gasteiger partial charge in [-0.1, -0.05) is 15.9 Å². The molecule has 2 aromatic rings. The molecule has 1 aliphatic rings. The Labute approximate surface area is 112 Å². The molecule has 18 heavy (non-hydrogen) atoms. The van der Waals surface area contributed by atoms with Gasteiger partial charge < -0.3 is 9.75 Å². The quantitative estimate of drug-likeness (QED) is 0.792. The standard InChI is InChI=1S/C12H12BrN3O2/c13-9-1-2-11-10(7-9)12(17)16(8-14-11)15-3-5-18-6-4-15/h1-2,7-8H,3-6H2. The van der Waals surface area contributed by atoms with Crippen LogP contribution in [0, 0.1) is 0 Å². The van der Waals surface area contributed by atoms with Gasteiger partial charge in [-0.15, -0.1) is 0 Å². The van der Waals surface area contributed by atoms with E-state index in [0.29, 0.717) is 37.2 Å². The van der Waals surface area contributed by atoms with Crippen molar-refractivity contribution in [2.75, 3.05) is 31.3 Å². The number of hydrogen-bond donors (Lipinski definition) is 0. The maximum Gasteiger partial charge on any atom is 0.279 e. The van der Waals surface area contributed by atoms with Crippen molar-refractivity contribution in [3.05, 3.63) is 39.4 Å². The number of benzene rings is 1. The average Bonchev–Trinajstić information content (AvgIpc) is 2.41. The summed E-state index contributed by atoms with van der Waals surface area (Å²) in [4.78, 5) is 16.7. The van der Waals surface area contributed by atoms with Crippen molar-refractivity contribution in [1.82, 2.24) is 9.66 Å². The highest BCUT2D eigenvalue weighted by Crippen LogP contribution is 2.14. The van der Waals surface area contributed by atoms with Crippen molar-refractivity contribution in [1.29, 1.82) is 0 Å². The first-order valence-corrected chi connectivity index (χ1v) is 6.55. The molecule has 1 aromatic heterocycles. The van der Waals surface area contributed by atoms with Crippen LogP contribution in [0.5, 0.6) is 0 Å². The van der Waals surface area contributed by atoms with E-state index >= 15 is 0 Å². The summed E-state index contributed by atoms with van der Waals surface area (Å²) in [6.45, 7) is 2.70. The Morgan fingerprint density at radius 3 is 2.83 bits per heavy atom. The molecule has 1 aromatic carbocycles. The van der Waals surface area contributed by atoms with Crippen LogP contribution in [0.15, 0.2) is 33.8 Å². The van der Waals surface area contributed by atoms with Gasteiger partial charge in [0.05, 0.1) is 37.2 Å². The molecule has 2 heterocycles. The van der Waals surface area contributed by atoms with Crippen LogP contribution in [0.1, 0.15) is 0 Å². The van der Waals surface area contributed by atoms with Crippen molar-refractivity contribution < 1.29 is 4.74 Å². The molecule has 0 saturated carbocycles. The van der Waals surface area contributed by atoms with Gasteiger partial charge in [0, 0.05) is 4.47 Å². The maximum absolute atomic E-state index is 12.4. The number of fused-ring (bicyclic) bond motifs is 1. The van der Waals surface area contributed by atoms with E-state index in [1.165, 1.54) is 0 Å². The molecule has 0 aliphatic carbocycles. The lowest BCUT2D eigenvalue weighted by molar-refractivity contribution is 0.110. The SMILES string of the molecule is O=c1c2cc(Br)ccc2ncn1N1CCOCC1. The fourth-order valence-electron chi connectivity index (χ4n) is 2.06. The van der Waals surface area contributed by atoms with Crippen LogP contribution in [0.2, 0.25) is 0 Å². The highest BCUT2D eigenvalue weighted by Gasteiger charge is 2.13. The van der Waals surface area contributed by atoms with Crippen LogP contribution in [0.25, 0.3) is 10.9 Å². The lowest BCUT2D eigenvalue weighted by Gasteiger charge is -2.29. The summed E-state index contributed by atoms with van der Waals surface area (Å²) < 4.78 is 7.75. The van der Waals surface area contributed by atoms with Gasteiger partial charge in [-0.25, -0.2) is 9.66 Å². The molecular formula is C12H12BrN3O2. The predicted octanol–water partition coefficient (Wildman–Crippen LogP) is 1.13. The van der Waals surface area contributed by atoms with Crippen molar-refractivity contribution in [2.45, 2.75) is 0 Å². The third kappa shape index (κ3) is 2.02. The molecule has 0 unspecified atom stereocenters. The minimum absolute atomic E-state index is 0.0387. The molecule has 94 valence electrons. The van der Waals surface area contributed by atoms with Gasteiger partial charge in [0.25, 0.3) is 5.56 Å². The van der Waals surface area contributed by atoms with Gasteiger partial charge in [0.1, 0.15) is 6.33 Å². The Kier molecular flexibility index (Phi) is 3.05. The van der Waals surface area contributed by atoms with E-state index in [1.54, 1.807) is 11.0 Å². The first kappa shape index (κ1) is 11.7. The molecule has 0 bridgehead atoms. The Bertz CT molecular complexity index is 635. The van der Waals surface area contributed by atoms with Crippen molar-refractivity contribution in [3.8, 4) is 0 Å². The van der Waals surface area contributed by atoms with E-state index in [4.69, 9.17) is 4.74 Å². The molecular weight excluding hydrogens is 298 g/mol. The third-order valence-corrected chi connectivity index (χ3v) is 3.49. The molecule has 1 fully saturated rings. The minimum atomic E-state index is -0.0387. The lowest BCUT2D eigenvalue weighted by atomic mass is 10.2. The number of nitrogens with zero attached hydrogens (tertiary/aromatic N) is 3. The highest BCUT2D eigenvalue weighted by molar-refractivity contribution is 9.10. The van der Waals surface area contributed by atoms with Gasteiger partial charge in [-0.3, -0.25) is 4.79 Å². The van der Waals surface area contributed by atoms with Gasteiger partial charge in [0.2, 0.25) is 0 Å². The van der Waals surface area contributed by atoms with Crippen molar-refractivity contribution in [3.63, 3.8) is 0 Å². The van der Waals surface area contributed by atoms with Gasteiger partial charge in [-0.2, -0.15) is 0 Å². The minimum Gasteiger partial charge on any atom is -0.378 e. The molecule has 3 rings (SSSR count). The van der Waals surface area contributed by atoms with Crippen LogP contribution < -0.4 is 10.6 Å². The van der Waals surface area contributed by atoms with Crippen LogP contribution in [0.3, 0.4) is 0 Å². The fraction of sp³-hybridized carbons (Fsp3) is 0.333. The molecule has 6 heteroatoms. The molecule has 5 nitrogen and oxygen atoms in total. The van der Waals surface area contributed by atoms with E-state index in [1.807, 2.05) is 23.2 Å². The Morgan fingerprint density at radius 2 is 2.06 bits per heavy atom. The Morgan fingerprint density at radius 1 is 1.28 bits per heavy atom. The van der Waals surface area contributed by atoms with E-state index in [0.717, 1.165) is 4.47 Å². The number of ether oxygens (including phenoxy) is 1. The van der Waals surface area contributed by atoms with Gasteiger partial charge in [0.15, 0.2) is 0 Å². The van der Waals surface area contributed by atoms with Crippen LogP contribution in [-0.2, 0) is 4.74 Å².